The number of rotatable bonds is 3. The number of nitrogen functional groups attached to an aromatic ring is 1. The standard InChI is InChI=1S/C14H14ClFIN3/c1-7(2)5-11-12(17)13(18)20-14(19-11)9-4-3-8(16)6-10(9)15/h3-4,6-7H,5H2,1-2H3,(H2,18,19,20). The van der Waals surface area contributed by atoms with Crippen LogP contribution in [0.1, 0.15) is 19.5 Å². The minimum Gasteiger partial charge on any atom is -0.383 e. The van der Waals surface area contributed by atoms with Gasteiger partial charge in [-0.1, -0.05) is 25.4 Å². The predicted molar refractivity (Wildman–Crippen MR) is 88.1 cm³/mol. The normalized spacial score (nSPS) is 11.1. The summed E-state index contributed by atoms with van der Waals surface area (Å²) in [4.78, 5) is 8.78. The number of aromatic nitrogens is 2. The van der Waals surface area contributed by atoms with Gasteiger partial charge in [-0.2, -0.15) is 0 Å². The number of benzene rings is 1. The summed E-state index contributed by atoms with van der Waals surface area (Å²) < 4.78 is 14.0. The van der Waals surface area contributed by atoms with Gasteiger partial charge in [-0.3, -0.25) is 0 Å². The van der Waals surface area contributed by atoms with Crippen LogP contribution in [-0.4, -0.2) is 9.97 Å². The monoisotopic (exact) mass is 405 g/mol. The lowest BCUT2D eigenvalue weighted by Gasteiger charge is -2.11. The van der Waals surface area contributed by atoms with Crippen LogP contribution in [0.5, 0.6) is 0 Å². The molecule has 0 saturated carbocycles. The van der Waals surface area contributed by atoms with Crippen LogP contribution in [0.15, 0.2) is 18.2 Å². The first-order valence-corrected chi connectivity index (χ1v) is 7.61. The van der Waals surface area contributed by atoms with Crippen molar-refractivity contribution in [3.8, 4) is 11.4 Å². The Morgan fingerprint density at radius 3 is 2.65 bits per heavy atom. The van der Waals surface area contributed by atoms with Gasteiger partial charge in [0.1, 0.15) is 11.6 Å². The fourth-order valence-electron chi connectivity index (χ4n) is 1.83. The summed E-state index contributed by atoms with van der Waals surface area (Å²) in [6.45, 7) is 4.22. The molecule has 0 amide bonds. The van der Waals surface area contributed by atoms with Gasteiger partial charge in [-0.25, -0.2) is 14.4 Å². The molecule has 0 spiro atoms. The van der Waals surface area contributed by atoms with E-state index >= 15 is 0 Å². The van der Waals surface area contributed by atoms with E-state index in [-0.39, 0.29) is 10.8 Å². The second-order valence-electron chi connectivity index (χ2n) is 4.92. The molecule has 6 heteroatoms. The van der Waals surface area contributed by atoms with Gasteiger partial charge in [0.2, 0.25) is 0 Å². The van der Waals surface area contributed by atoms with Gasteiger partial charge in [0.25, 0.3) is 0 Å². The highest BCUT2D eigenvalue weighted by Gasteiger charge is 2.14. The van der Waals surface area contributed by atoms with Crippen molar-refractivity contribution in [1.82, 2.24) is 9.97 Å². The number of halogens is 3. The number of anilines is 1. The Balaban J connectivity index is 2.54. The SMILES string of the molecule is CC(C)Cc1nc(-c2ccc(F)cc2Cl)nc(N)c1I. The van der Waals surface area contributed by atoms with E-state index in [2.05, 4.69) is 46.4 Å². The predicted octanol–water partition coefficient (Wildman–Crippen LogP) is 4.32. The molecule has 0 fully saturated rings. The van der Waals surface area contributed by atoms with Crippen LogP contribution in [0.2, 0.25) is 5.02 Å². The topological polar surface area (TPSA) is 51.8 Å². The highest BCUT2D eigenvalue weighted by Crippen LogP contribution is 2.29. The lowest BCUT2D eigenvalue weighted by Crippen LogP contribution is -2.07. The quantitative estimate of drug-likeness (QED) is 0.774. The summed E-state index contributed by atoms with van der Waals surface area (Å²) in [5.74, 6) is 0.921. The first-order valence-electron chi connectivity index (χ1n) is 6.15. The van der Waals surface area contributed by atoms with E-state index < -0.39 is 0 Å². The van der Waals surface area contributed by atoms with Gasteiger partial charge in [0.05, 0.1) is 14.3 Å². The highest BCUT2D eigenvalue weighted by molar-refractivity contribution is 14.1. The summed E-state index contributed by atoms with van der Waals surface area (Å²) in [6.07, 6.45) is 0.802. The lowest BCUT2D eigenvalue weighted by molar-refractivity contribution is 0.628. The van der Waals surface area contributed by atoms with Crippen LogP contribution >= 0.6 is 34.2 Å². The fraction of sp³-hybridized carbons (Fsp3) is 0.286. The molecule has 20 heavy (non-hydrogen) atoms. The van der Waals surface area contributed by atoms with Crippen molar-refractivity contribution in [3.63, 3.8) is 0 Å². The van der Waals surface area contributed by atoms with Gasteiger partial charge in [-0.15, -0.1) is 0 Å². The van der Waals surface area contributed by atoms with Crippen LogP contribution in [-0.2, 0) is 6.42 Å². The number of hydrogen-bond donors (Lipinski definition) is 1. The van der Waals surface area contributed by atoms with Crippen molar-refractivity contribution >= 4 is 40.0 Å². The first-order chi connectivity index (χ1) is 9.38. The maximum atomic E-state index is 13.1. The van der Waals surface area contributed by atoms with Crippen LogP contribution in [0, 0.1) is 15.3 Å². The molecule has 1 aromatic heterocycles. The zero-order valence-corrected chi connectivity index (χ0v) is 14.0. The second kappa shape index (κ2) is 6.22. The lowest BCUT2D eigenvalue weighted by atomic mass is 10.1. The summed E-state index contributed by atoms with van der Waals surface area (Å²) in [5, 5.41) is 0.279. The Kier molecular flexibility index (Phi) is 4.80. The molecule has 2 aromatic rings. The van der Waals surface area contributed by atoms with E-state index in [1.807, 2.05) is 0 Å². The zero-order chi connectivity index (χ0) is 14.9. The molecular formula is C14H14ClFIN3. The van der Waals surface area contributed by atoms with E-state index in [0.717, 1.165) is 15.7 Å². The van der Waals surface area contributed by atoms with Crippen LogP contribution in [0.25, 0.3) is 11.4 Å². The van der Waals surface area contributed by atoms with E-state index in [4.69, 9.17) is 17.3 Å². The minimum absolute atomic E-state index is 0.279. The minimum atomic E-state index is -0.389. The maximum absolute atomic E-state index is 13.1. The van der Waals surface area contributed by atoms with E-state index in [0.29, 0.717) is 23.1 Å². The van der Waals surface area contributed by atoms with Crippen molar-refractivity contribution in [1.29, 1.82) is 0 Å². The molecule has 0 radical (unpaired) electrons. The molecule has 0 saturated heterocycles. The molecule has 0 aliphatic heterocycles. The molecule has 0 atom stereocenters. The van der Waals surface area contributed by atoms with Crippen LogP contribution in [0.4, 0.5) is 10.2 Å². The van der Waals surface area contributed by atoms with E-state index in [9.17, 15) is 4.39 Å². The van der Waals surface area contributed by atoms with Gasteiger partial charge in [-0.05, 0) is 53.1 Å². The summed E-state index contributed by atoms with van der Waals surface area (Å²) in [7, 11) is 0. The molecule has 2 rings (SSSR count). The summed E-state index contributed by atoms with van der Waals surface area (Å²) in [5.41, 5.74) is 7.42. The molecule has 0 bridgehead atoms. The average Bonchev–Trinajstić information content (AvgIpc) is 2.34. The van der Waals surface area contributed by atoms with Gasteiger partial charge in [0, 0.05) is 5.56 Å². The van der Waals surface area contributed by atoms with Crippen molar-refractivity contribution in [2.75, 3.05) is 5.73 Å². The Morgan fingerprint density at radius 2 is 2.05 bits per heavy atom. The van der Waals surface area contributed by atoms with Crippen molar-refractivity contribution < 1.29 is 4.39 Å². The van der Waals surface area contributed by atoms with Crippen molar-refractivity contribution in [2.45, 2.75) is 20.3 Å². The molecule has 3 nitrogen and oxygen atoms in total. The third-order valence-electron chi connectivity index (χ3n) is 2.72. The zero-order valence-electron chi connectivity index (χ0n) is 11.1. The van der Waals surface area contributed by atoms with Crippen molar-refractivity contribution in [2.24, 2.45) is 5.92 Å². The summed E-state index contributed by atoms with van der Waals surface area (Å²) in [6, 6.07) is 4.15. The molecule has 0 aliphatic rings. The Bertz CT molecular complexity index is 647. The highest BCUT2D eigenvalue weighted by atomic mass is 127. The van der Waals surface area contributed by atoms with Gasteiger partial charge >= 0.3 is 0 Å². The first kappa shape index (κ1) is 15.4. The molecule has 106 valence electrons. The van der Waals surface area contributed by atoms with E-state index in [1.54, 1.807) is 6.07 Å². The molecule has 2 N–H and O–H groups in total. The number of nitrogens with two attached hydrogens (primary N) is 1. The van der Waals surface area contributed by atoms with Crippen LogP contribution in [0.3, 0.4) is 0 Å². The summed E-state index contributed by atoms with van der Waals surface area (Å²) >= 11 is 8.20. The number of hydrogen-bond acceptors (Lipinski definition) is 3. The average molecular weight is 406 g/mol. The third-order valence-corrected chi connectivity index (χ3v) is 4.21. The molecule has 1 aromatic carbocycles. The number of nitrogens with zero attached hydrogens (tertiary/aromatic N) is 2. The maximum Gasteiger partial charge on any atom is 0.163 e. The second-order valence-corrected chi connectivity index (χ2v) is 6.40. The largest absolute Gasteiger partial charge is 0.383 e. The van der Waals surface area contributed by atoms with Gasteiger partial charge in [0.15, 0.2) is 5.82 Å². The van der Waals surface area contributed by atoms with Crippen LogP contribution < -0.4 is 5.73 Å². The molecule has 0 aliphatic carbocycles. The van der Waals surface area contributed by atoms with E-state index in [1.165, 1.54) is 12.1 Å². The van der Waals surface area contributed by atoms with Gasteiger partial charge < -0.3 is 5.73 Å². The Morgan fingerprint density at radius 1 is 1.35 bits per heavy atom. The molecule has 1 heterocycles. The molecular weight excluding hydrogens is 392 g/mol. The molecule has 0 unspecified atom stereocenters. The Labute approximate surface area is 135 Å². The van der Waals surface area contributed by atoms with Crippen molar-refractivity contribution in [3.05, 3.63) is 38.3 Å². The smallest absolute Gasteiger partial charge is 0.163 e. The third kappa shape index (κ3) is 3.38. The Hall–Kier alpha value is -0.950. The fourth-order valence-corrected chi connectivity index (χ4v) is 2.54.